The van der Waals surface area contributed by atoms with Crippen molar-refractivity contribution < 1.29 is 9.59 Å². The lowest BCUT2D eigenvalue weighted by Gasteiger charge is -2.16. The van der Waals surface area contributed by atoms with Crippen LogP contribution in [0.25, 0.3) is 0 Å². The van der Waals surface area contributed by atoms with Gasteiger partial charge in [0.25, 0.3) is 5.91 Å². The molecule has 3 rings (SSSR count). The average Bonchev–Trinajstić information content (AvgIpc) is 3.41. The summed E-state index contributed by atoms with van der Waals surface area (Å²) in [6, 6.07) is 12.9. The third-order valence-electron chi connectivity index (χ3n) is 4.22. The zero-order chi connectivity index (χ0) is 18.7. The fraction of sp³-hybridized carbons (Fsp3) is 0.300. The van der Waals surface area contributed by atoms with E-state index < -0.39 is 6.04 Å². The number of rotatable bonds is 6. The molecule has 2 aromatic rings. The van der Waals surface area contributed by atoms with Crippen molar-refractivity contribution in [3.8, 4) is 0 Å². The summed E-state index contributed by atoms with van der Waals surface area (Å²) in [4.78, 5) is 24.4. The normalized spacial score (nSPS) is 14.4. The molecule has 3 N–H and O–H groups in total. The standard InChI is InChI=1S/C20H22BrN3O2/c1-12-3-10-18(17(21)11-12)24-19(25)13(2)22-15-6-4-14(5-7-15)20(26)23-16-8-9-16/h3-7,10-11,13,16,22H,8-9H2,1-2H3,(H,23,26)(H,24,25). The van der Waals surface area contributed by atoms with Crippen molar-refractivity contribution in [2.45, 2.75) is 38.8 Å². The highest BCUT2D eigenvalue weighted by Gasteiger charge is 2.23. The van der Waals surface area contributed by atoms with Crippen LogP contribution in [0.3, 0.4) is 0 Å². The second-order valence-electron chi connectivity index (χ2n) is 6.66. The van der Waals surface area contributed by atoms with Gasteiger partial charge in [-0.15, -0.1) is 0 Å². The molecule has 0 bridgehead atoms. The molecule has 1 unspecified atom stereocenters. The van der Waals surface area contributed by atoms with Crippen LogP contribution < -0.4 is 16.0 Å². The maximum Gasteiger partial charge on any atom is 0.251 e. The number of aryl methyl sites for hydroxylation is 1. The molecule has 26 heavy (non-hydrogen) atoms. The summed E-state index contributed by atoms with van der Waals surface area (Å²) in [6.07, 6.45) is 2.13. The Hall–Kier alpha value is -2.34. The summed E-state index contributed by atoms with van der Waals surface area (Å²) in [5.41, 5.74) is 3.27. The Kier molecular flexibility index (Phi) is 5.61. The maximum atomic E-state index is 12.4. The molecular formula is C20H22BrN3O2. The summed E-state index contributed by atoms with van der Waals surface area (Å²) >= 11 is 3.46. The number of benzene rings is 2. The largest absolute Gasteiger partial charge is 0.374 e. The molecule has 5 nitrogen and oxygen atoms in total. The Morgan fingerprint density at radius 1 is 1.12 bits per heavy atom. The predicted molar refractivity (Wildman–Crippen MR) is 108 cm³/mol. The van der Waals surface area contributed by atoms with Crippen molar-refractivity contribution in [1.29, 1.82) is 0 Å². The van der Waals surface area contributed by atoms with Gasteiger partial charge in [0.1, 0.15) is 6.04 Å². The van der Waals surface area contributed by atoms with Crippen LogP contribution in [0.4, 0.5) is 11.4 Å². The minimum absolute atomic E-state index is 0.0472. The van der Waals surface area contributed by atoms with Gasteiger partial charge in [0.05, 0.1) is 5.69 Å². The molecule has 0 aromatic heterocycles. The van der Waals surface area contributed by atoms with Crippen molar-refractivity contribution in [3.05, 3.63) is 58.1 Å². The molecule has 0 heterocycles. The second kappa shape index (κ2) is 7.91. The molecule has 0 saturated heterocycles. The third kappa shape index (κ3) is 4.85. The first-order chi connectivity index (χ1) is 12.4. The van der Waals surface area contributed by atoms with Gasteiger partial charge in [0, 0.05) is 21.8 Å². The molecule has 6 heteroatoms. The van der Waals surface area contributed by atoms with Crippen LogP contribution >= 0.6 is 15.9 Å². The van der Waals surface area contributed by atoms with Crippen molar-refractivity contribution in [2.24, 2.45) is 0 Å². The van der Waals surface area contributed by atoms with E-state index in [1.54, 1.807) is 19.1 Å². The van der Waals surface area contributed by atoms with Gasteiger partial charge in [-0.3, -0.25) is 9.59 Å². The van der Waals surface area contributed by atoms with Crippen LogP contribution in [0.15, 0.2) is 46.9 Å². The van der Waals surface area contributed by atoms with Gasteiger partial charge in [-0.25, -0.2) is 0 Å². The molecule has 2 amide bonds. The Bertz CT molecular complexity index is 816. The van der Waals surface area contributed by atoms with E-state index in [1.165, 1.54) is 0 Å². The van der Waals surface area contributed by atoms with E-state index in [-0.39, 0.29) is 11.8 Å². The van der Waals surface area contributed by atoms with Crippen LogP contribution in [0.1, 0.15) is 35.7 Å². The highest BCUT2D eigenvalue weighted by Crippen LogP contribution is 2.24. The number of carbonyl (C=O) groups is 2. The number of hydrogen-bond donors (Lipinski definition) is 3. The van der Waals surface area contributed by atoms with Crippen molar-refractivity contribution in [1.82, 2.24) is 5.32 Å². The number of carbonyl (C=O) groups excluding carboxylic acids is 2. The highest BCUT2D eigenvalue weighted by molar-refractivity contribution is 9.10. The van der Waals surface area contributed by atoms with E-state index in [2.05, 4.69) is 31.9 Å². The first-order valence-corrected chi connectivity index (χ1v) is 9.46. The summed E-state index contributed by atoms with van der Waals surface area (Å²) in [7, 11) is 0. The summed E-state index contributed by atoms with van der Waals surface area (Å²) in [6.45, 7) is 3.79. The van der Waals surface area contributed by atoms with E-state index in [0.29, 0.717) is 11.6 Å². The zero-order valence-corrected chi connectivity index (χ0v) is 16.4. The molecular weight excluding hydrogens is 394 g/mol. The van der Waals surface area contributed by atoms with Crippen molar-refractivity contribution in [2.75, 3.05) is 10.6 Å². The Labute approximate surface area is 161 Å². The third-order valence-corrected chi connectivity index (χ3v) is 4.87. The highest BCUT2D eigenvalue weighted by atomic mass is 79.9. The number of hydrogen-bond acceptors (Lipinski definition) is 3. The quantitative estimate of drug-likeness (QED) is 0.665. The molecule has 1 fully saturated rings. The molecule has 0 radical (unpaired) electrons. The van der Waals surface area contributed by atoms with Crippen molar-refractivity contribution >= 4 is 39.1 Å². The van der Waals surface area contributed by atoms with Crippen LogP contribution in [0.2, 0.25) is 0 Å². The fourth-order valence-corrected chi connectivity index (χ4v) is 3.08. The van der Waals surface area contributed by atoms with E-state index >= 15 is 0 Å². The molecule has 0 spiro atoms. The molecule has 2 aromatic carbocycles. The smallest absolute Gasteiger partial charge is 0.251 e. The average molecular weight is 416 g/mol. The number of anilines is 2. The maximum absolute atomic E-state index is 12.4. The molecule has 0 aliphatic heterocycles. The minimum Gasteiger partial charge on any atom is -0.374 e. The van der Waals surface area contributed by atoms with Crippen LogP contribution in [-0.4, -0.2) is 23.9 Å². The van der Waals surface area contributed by atoms with Crippen molar-refractivity contribution in [3.63, 3.8) is 0 Å². The number of nitrogens with one attached hydrogen (secondary N) is 3. The van der Waals surface area contributed by atoms with Gasteiger partial charge >= 0.3 is 0 Å². The Morgan fingerprint density at radius 3 is 2.42 bits per heavy atom. The minimum atomic E-state index is -0.422. The first kappa shape index (κ1) is 18.5. The van der Waals surface area contributed by atoms with E-state index in [4.69, 9.17) is 0 Å². The van der Waals surface area contributed by atoms with Gasteiger partial charge in [-0.2, -0.15) is 0 Å². The summed E-state index contributed by atoms with van der Waals surface area (Å²) in [5, 5.41) is 9.01. The molecule has 1 aliphatic rings. The lowest BCUT2D eigenvalue weighted by Crippen LogP contribution is -2.32. The van der Waals surface area contributed by atoms with Gasteiger partial charge < -0.3 is 16.0 Å². The second-order valence-corrected chi connectivity index (χ2v) is 7.52. The van der Waals surface area contributed by atoms with Gasteiger partial charge in [0.2, 0.25) is 5.91 Å². The van der Waals surface area contributed by atoms with Crippen LogP contribution in [-0.2, 0) is 4.79 Å². The molecule has 1 atom stereocenters. The lowest BCUT2D eigenvalue weighted by atomic mass is 10.1. The van der Waals surface area contributed by atoms with Gasteiger partial charge in [0.15, 0.2) is 0 Å². The van der Waals surface area contributed by atoms with Gasteiger partial charge in [-0.1, -0.05) is 6.07 Å². The van der Waals surface area contributed by atoms with Crippen LogP contribution in [0, 0.1) is 6.92 Å². The van der Waals surface area contributed by atoms with Crippen LogP contribution in [0.5, 0.6) is 0 Å². The van der Waals surface area contributed by atoms with E-state index in [0.717, 1.165) is 34.3 Å². The summed E-state index contributed by atoms with van der Waals surface area (Å²) < 4.78 is 0.851. The number of halogens is 1. The number of amides is 2. The lowest BCUT2D eigenvalue weighted by molar-refractivity contribution is -0.116. The first-order valence-electron chi connectivity index (χ1n) is 8.67. The Morgan fingerprint density at radius 2 is 1.81 bits per heavy atom. The zero-order valence-electron chi connectivity index (χ0n) is 14.8. The molecule has 1 aliphatic carbocycles. The molecule has 1 saturated carbocycles. The van der Waals surface area contributed by atoms with E-state index in [1.807, 2.05) is 37.3 Å². The Balaban J connectivity index is 1.57. The topological polar surface area (TPSA) is 70.2 Å². The SMILES string of the molecule is Cc1ccc(NC(=O)C(C)Nc2ccc(C(=O)NC3CC3)cc2)c(Br)c1. The van der Waals surface area contributed by atoms with E-state index in [9.17, 15) is 9.59 Å². The predicted octanol–water partition coefficient (Wildman–Crippen LogP) is 4.09. The summed E-state index contributed by atoms with van der Waals surface area (Å²) in [5.74, 6) is -0.181. The fourth-order valence-electron chi connectivity index (χ4n) is 2.49. The molecule has 136 valence electrons. The monoisotopic (exact) mass is 415 g/mol. The van der Waals surface area contributed by atoms with Gasteiger partial charge in [-0.05, 0) is 84.6 Å².